The molecule has 0 aromatic heterocycles. The Kier molecular flexibility index (Phi) is 4.66. The number of rotatable bonds is 5. The highest BCUT2D eigenvalue weighted by molar-refractivity contribution is 7.89. The third-order valence-corrected chi connectivity index (χ3v) is 5.82. The Hall–Kier alpha value is -1.03. The van der Waals surface area contributed by atoms with Crippen LogP contribution >= 0.6 is 0 Å². The molecule has 1 aromatic rings. The van der Waals surface area contributed by atoms with Crippen LogP contribution in [0.3, 0.4) is 0 Å². The predicted octanol–water partition coefficient (Wildman–Crippen LogP) is 1.19. The van der Waals surface area contributed by atoms with Crippen molar-refractivity contribution < 1.29 is 25.5 Å². The largest absolute Gasteiger partial charge is 0.380 e. The standard InChI is InChI=1S/C12H16FNO5S2/c1-19-12-4-2-3-11(12)14-21(17,18)10-7-5-9(6-8-10)20(13,15)16/h5-8,11-12,14H,2-4H2,1H3. The minimum absolute atomic E-state index is 0.114. The van der Waals surface area contributed by atoms with Crippen LogP contribution in [-0.2, 0) is 25.0 Å². The molecule has 0 aliphatic heterocycles. The molecule has 118 valence electrons. The lowest BCUT2D eigenvalue weighted by Crippen LogP contribution is -2.40. The summed E-state index contributed by atoms with van der Waals surface area (Å²) in [7, 11) is -7.11. The van der Waals surface area contributed by atoms with Gasteiger partial charge >= 0.3 is 10.2 Å². The second-order valence-corrected chi connectivity index (χ2v) is 7.90. The van der Waals surface area contributed by atoms with E-state index < -0.39 is 25.1 Å². The SMILES string of the molecule is COC1CCCC1NS(=O)(=O)c1ccc(S(=O)(=O)F)cc1. The van der Waals surface area contributed by atoms with Gasteiger partial charge in [-0.1, -0.05) is 0 Å². The van der Waals surface area contributed by atoms with Crippen LogP contribution in [0, 0.1) is 0 Å². The molecule has 1 aliphatic carbocycles. The van der Waals surface area contributed by atoms with E-state index in [-0.39, 0.29) is 17.0 Å². The van der Waals surface area contributed by atoms with Crippen molar-refractivity contribution in [2.24, 2.45) is 0 Å². The quantitative estimate of drug-likeness (QED) is 0.815. The van der Waals surface area contributed by atoms with Gasteiger partial charge in [-0.25, -0.2) is 13.1 Å². The summed E-state index contributed by atoms with van der Waals surface area (Å²) >= 11 is 0. The third kappa shape index (κ3) is 3.79. The molecule has 1 aromatic carbocycles. The molecule has 2 atom stereocenters. The molecule has 21 heavy (non-hydrogen) atoms. The van der Waals surface area contributed by atoms with Crippen LogP contribution in [-0.4, -0.2) is 36.1 Å². The fourth-order valence-electron chi connectivity index (χ4n) is 2.39. The molecule has 0 saturated heterocycles. The van der Waals surface area contributed by atoms with E-state index in [2.05, 4.69) is 4.72 Å². The molecular formula is C12H16FNO5S2. The first-order chi connectivity index (χ1) is 9.74. The normalized spacial score (nSPS) is 23.3. The van der Waals surface area contributed by atoms with E-state index in [0.717, 1.165) is 37.1 Å². The summed E-state index contributed by atoms with van der Waals surface area (Å²) in [5, 5.41) is 0. The van der Waals surface area contributed by atoms with E-state index in [1.165, 1.54) is 7.11 Å². The molecule has 1 N–H and O–H groups in total. The minimum Gasteiger partial charge on any atom is -0.380 e. The van der Waals surface area contributed by atoms with Gasteiger partial charge in [-0.15, -0.1) is 3.89 Å². The molecule has 1 fully saturated rings. The lowest BCUT2D eigenvalue weighted by atomic mass is 10.2. The summed E-state index contributed by atoms with van der Waals surface area (Å²) in [6, 6.07) is 3.65. The van der Waals surface area contributed by atoms with Crippen molar-refractivity contribution in [3.05, 3.63) is 24.3 Å². The summed E-state index contributed by atoms with van der Waals surface area (Å²) in [5.41, 5.74) is 0. The van der Waals surface area contributed by atoms with Gasteiger partial charge in [-0.2, -0.15) is 8.42 Å². The summed E-state index contributed by atoms with van der Waals surface area (Å²) in [5.74, 6) is 0. The number of methoxy groups -OCH3 is 1. The number of benzene rings is 1. The van der Waals surface area contributed by atoms with Crippen LogP contribution in [0.25, 0.3) is 0 Å². The maximum absolute atomic E-state index is 12.8. The second-order valence-electron chi connectivity index (χ2n) is 4.84. The van der Waals surface area contributed by atoms with Crippen LogP contribution in [0.4, 0.5) is 3.89 Å². The Labute approximate surface area is 123 Å². The Balaban J connectivity index is 2.20. The number of nitrogens with one attached hydrogen (secondary N) is 1. The van der Waals surface area contributed by atoms with Crippen LogP contribution in [0.1, 0.15) is 19.3 Å². The Bertz CT molecular complexity index is 700. The predicted molar refractivity (Wildman–Crippen MR) is 73.5 cm³/mol. The fraction of sp³-hybridized carbons (Fsp3) is 0.500. The van der Waals surface area contributed by atoms with E-state index >= 15 is 0 Å². The van der Waals surface area contributed by atoms with E-state index in [4.69, 9.17) is 4.74 Å². The van der Waals surface area contributed by atoms with Gasteiger partial charge in [-0.3, -0.25) is 0 Å². The van der Waals surface area contributed by atoms with Gasteiger partial charge in [0.2, 0.25) is 10.0 Å². The van der Waals surface area contributed by atoms with Crippen molar-refractivity contribution in [3.8, 4) is 0 Å². The van der Waals surface area contributed by atoms with Crippen LogP contribution in [0.5, 0.6) is 0 Å². The summed E-state index contributed by atoms with van der Waals surface area (Å²) in [6.45, 7) is 0. The van der Waals surface area contributed by atoms with Crippen molar-refractivity contribution in [2.45, 2.75) is 41.2 Å². The summed E-state index contributed by atoms with van der Waals surface area (Å²) in [4.78, 5) is -0.686. The first kappa shape index (κ1) is 16.3. The number of sulfonamides is 1. The van der Waals surface area contributed by atoms with Gasteiger partial charge in [0.05, 0.1) is 15.9 Å². The third-order valence-electron chi connectivity index (χ3n) is 3.48. The smallest absolute Gasteiger partial charge is 0.332 e. The van der Waals surface area contributed by atoms with E-state index in [0.29, 0.717) is 6.42 Å². The maximum Gasteiger partial charge on any atom is 0.332 e. The highest BCUT2D eigenvalue weighted by atomic mass is 32.3. The van der Waals surface area contributed by atoms with Crippen molar-refractivity contribution in [1.29, 1.82) is 0 Å². The zero-order valence-electron chi connectivity index (χ0n) is 11.3. The molecule has 0 radical (unpaired) electrons. The highest BCUT2D eigenvalue weighted by Crippen LogP contribution is 2.24. The lowest BCUT2D eigenvalue weighted by molar-refractivity contribution is 0.0916. The van der Waals surface area contributed by atoms with Crippen LogP contribution < -0.4 is 4.72 Å². The molecular weight excluding hydrogens is 321 g/mol. The first-order valence-electron chi connectivity index (χ1n) is 6.34. The minimum atomic E-state index is -4.84. The highest BCUT2D eigenvalue weighted by Gasteiger charge is 2.31. The fourth-order valence-corrected chi connectivity index (χ4v) is 4.15. The van der Waals surface area contributed by atoms with Crippen molar-refractivity contribution in [2.75, 3.05) is 7.11 Å². The van der Waals surface area contributed by atoms with Crippen molar-refractivity contribution >= 4 is 20.2 Å². The molecule has 1 aliphatic rings. The van der Waals surface area contributed by atoms with Gasteiger partial charge < -0.3 is 4.74 Å². The molecule has 2 rings (SSSR count). The van der Waals surface area contributed by atoms with Gasteiger partial charge in [0.25, 0.3) is 0 Å². The topological polar surface area (TPSA) is 89.5 Å². The zero-order chi connectivity index (χ0) is 15.7. The van der Waals surface area contributed by atoms with E-state index in [1.54, 1.807) is 0 Å². The molecule has 0 amide bonds. The van der Waals surface area contributed by atoms with Gasteiger partial charge in [0.15, 0.2) is 0 Å². The maximum atomic E-state index is 12.8. The Morgan fingerprint density at radius 2 is 1.67 bits per heavy atom. The average molecular weight is 337 g/mol. The van der Waals surface area contributed by atoms with Crippen LogP contribution in [0.15, 0.2) is 34.1 Å². The number of ether oxygens (including phenoxy) is 1. The molecule has 0 bridgehead atoms. The Morgan fingerprint density at radius 3 is 2.19 bits per heavy atom. The Morgan fingerprint density at radius 1 is 1.10 bits per heavy atom. The zero-order valence-corrected chi connectivity index (χ0v) is 13.0. The number of halogens is 1. The lowest BCUT2D eigenvalue weighted by Gasteiger charge is -2.19. The summed E-state index contributed by atoms with van der Waals surface area (Å²) < 4.78 is 66.3. The first-order valence-corrected chi connectivity index (χ1v) is 9.20. The number of hydrogen-bond acceptors (Lipinski definition) is 5. The molecule has 0 heterocycles. The van der Waals surface area contributed by atoms with Crippen molar-refractivity contribution in [1.82, 2.24) is 4.72 Å². The van der Waals surface area contributed by atoms with Gasteiger partial charge in [-0.05, 0) is 43.5 Å². The average Bonchev–Trinajstić information content (AvgIpc) is 2.84. The second kappa shape index (κ2) is 5.99. The van der Waals surface area contributed by atoms with Gasteiger partial charge in [0, 0.05) is 13.2 Å². The van der Waals surface area contributed by atoms with Crippen LogP contribution in [0.2, 0.25) is 0 Å². The molecule has 0 spiro atoms. The molecule has 2 unspecified atom stereocenters. The summed E-state index contributed by atoms with van der Waals surface area (Å²) in [6.07, 6.45) is 2.15. The molecule has 1 saturated carbocycles. The van der Waals surface area contributed by atoms with E-state index in [1.807, 2.05) is 0 Å². The number of hydrogen-bond donors (Lipinski definition) is 1. The van der Waals surface area contributed by atoms with Gasteiger partial charge in [0.1, 0.15) is 0 Å². The monoisotopic (exact) mass is 337 g/mol. The molecule has 6 nitrogen and oxygen atoms in total. The van der Waals surface area contributed by atoms with E-state index in [9.17, 15) is 20.7 Å². The van der Waals surface area contributed by atoms with Crippen molar-refractivity contribution in [3.63, 3.8) is 0 Å². The molecule has 9 heteroatoms.